The summed E-state index contributed by atoms with van der Waals surface area (Å²) in [5.41, 5.74) is 0. The molecule has 0 aromatic carbocycles. The second-order valence-corrected chi connectivity index (χ2v) is 3.81. The maximum Gasteiger partial charge on any atom is 0.0696 e. The van der Waals surface area contributed by atoms with Gasteiger partial charge in [0, 0.05) is 6.04 Å². The largest absolute Gasteiger partial charge is 0.391 e. The van der Waals surface area contributed by atoms with Crippen molar-refractivity contribution >= 4 is 0 Å². The second-order valence-electron chi connectivity index (χ2n) is 3.81. The lowest BCUT2D eigenvalue weighted by Crippen LogP contribution is -2.52. The third-order valence-corrected chi connectivity index (χ3v) is 3.06. The molecule has 1 saturated carbocycles. The van der Waals surface area contributed by atoms with E-state index in [1.807, 2.05) is 0 Å². The Balaban J connectivity index is 1.83. The summed E-state index contributed by atoms with van der Waals surface area (Å²) in [6.45, 7) is 2.45. The molecule has 2 aliphatic rings. The van der Waals surface area contributed by atoms with Crippen molar-refractivity contribution in [3.63, 3.8) is 0 Å². The summed E-state index contributed by atoms with van der Waals surface area (Å²) < 4.78 is 0. The second kappa shape index (κ2) is 3.11. The Kier molecular flexibility index (Phi) is 2.14. The molecule has 0 aromatic heterocycles. The van der Waals surface area contributed by atoms with Crippen molar-refractivity contribution < 1.29 is 5.11 Å². The molecular formula is C9H17NO. The van der Waals surface area contributed by atoms with Crippen molar-refractivity contribution in [3.05, 3.63) is 0 Å². The number of aliphatic hydroxyl groups excluding tert-OH is 1. The summed E-state index contributed by atoms with van der Waals surface area (Å²) >= 11 is 0. The molecule has 1 saturated heterocycles. The van der Waals surface area contributed by atoms with E-state index in [1.165, 1.54) is 38.8 Å². The molecule has 1 aliphatic heterocycles. The van der Waals surface area contributed by atoms with Crippen LogP contribution in [-0.4, -0.2) is 35.2 Å². The molecule has 2 heteroatoms. The molecule has 11 heavy (non-hydrogen) atoms. The van der Waals surface area contributed by atoms with Gasteiger partial charge in [-0.3, -0.25) is 4.90 Å². The minimum Gasteiger partial charge on any atom is -0.391 e. The third-order valence-electron chi connectivity index (χ3n) is 3.06. The molecule has 2 rings (SSSR count). The summed E-state index contributed by atoms with van der Waals surface area (Å²) in [7, 11) is 0. The minimum atomic E-state index is -0.00639. The molecule has 0 bridgehead atoms. The first-order chi connectivity index (χ1) is 5.38. The maximum absolute atomic E-state index is 9.42. The predicted octanol–water partition coefficient (Wildman–Crippen LogP) is 0.996. The molecule has 2 atom stereocenters. The van der Waals surface area contributed by atoms with E-state index in [-0.39, 0.29) is 6.10 Å². The van der Waals surface area contributed by atoms with E-state index in [0.29, 0.717) is 6.04 Å². The predicted molar refractivity (Wildman–Crippen MR) is 44.5 cm³/mol. The summed E-state index contributed by atoms with van der Waals surface area (Å²) in [5.74, 6) is 0. The van der Waals surface area contributed by atoms with Crippen molar-refractivity contribution in [2.75, 3.05) is 13.1 Å². The van der Waals surface area contributed by atoms with Crippen LogP contribution in [0.2, 0.25) is 0 Å². The van der Waals surface area contributed by atoms with Crippen molar-refractivity contribution in [1.82, 2.24) is 4.90 Å². The molecule has 64 valence electrons. The molecule has 0 amide bonds. The van der Waals surface area contributed by atoms with Crippen LogP contribution in [0.3, 0.4) is 0 Å². The highest BCUT2D eigenvalue weighted by molar-refractivity contribution is 4.89. The Labute approximate surface area is 68.2 Å². The molecule has 2 nitrogen and oxygen atoms in total. The van der Waals surface area contributed by atoms with Gasteiger partial charge in [0.25, 0.3) is 0 Å². The molecule has 0 radical (unpaired) electrons. The van der Waals surface area contributed by atoms with Gasteiger partial charge in [0.2, 0.25) is 0 Å². The van der Waals surface area contributed by atoms with E-state index in [2.05, 4.69) is 4.90 Å². The van der Waals surface area contributed by atoms with Crippen molar-refractivity contribution in [2.24, 2.45) is 0 Å². The summed E-state index contributed by atoms with van der Waals surface area (Å²) in [6, 6.07) is 0.523. The average Bonchev–Trinajstić information content (AvgIpc) is 2.04. The lowest BCUT2D eigenvalue weighted by Gasteiger charge is -2.43. The Morgan fingerprint density at radius 1 is 1.00 bits per heavy atom. The van der Waals surface area contributed by atoms with Gasteiger partial charge in [-0.2, -0.15) is 0 Å². The lowest BCUT2D eigenvalue weighted by molar-refractivity contribution is -0.0280. The van der Waals surface area contributed by atoms with Crippen molar-refractivity contribution in [3.8, 4) is 0 Å². The standard InChI is InChI=1S/C9H17NO/c11-9-5-4-8(9)10-6-2-1-3-7-10/h8-9,11H,1-7H2. The van der Waals surface area contributed by atoms with E-state index in [0.717, 1.165) is 6.42 Å². The maximum atomic E-state index is 9.42. The van der Waals surface area contributed by atoms with E-state index in [1.54, 1.807) is 0 Å². The van der Waals surface area contributed by atoms with Gasteiger partial charge in [0.1, 0.15) is 0 Å². The molecule has 2 unspecified atom stereocenters. The quantitative estimate of drug-likeness (QED) is 0.610. The van der Waals surface area contributed by atoms with E-state index < -0.39 is 0 Å². The third kappa shape index (κ3) is 1.42. The molecule has 1 heterocycles. The number of aliphatic hydroxyl groups is 1. The highest BCUT2D eigenvalue weighted by Gasteiger charge is 2.34. The first kappa shape index (κ1) is 7.56. The normalized spacial score (nSPS) is 40.1. The topological polar surface area (TPSA) is 23.5 Å². The fourth-order valence-corrected chi connectivity index (χ4v) is 2.14. The van der Waals surface area contributed by atoms with Crippen LogP contribution in [0.15, 0.2) is 0 Å². The zero-order valence-electron chi connectivity index (χ0n) is 7.00. The number of rotatable bonds is 1. The van der Waals surface area contributed by atoms with Gasteiger partial charge < -0.3 is 5.11 Å². The summed E-state index contributed by atoms with van der Waals surface area (Å²) in [5, 5.41) is 9.42. The van der Waals surface area contributed by atoms with E-state index >= 15 is 0 Å². The van der Waals surface area contributed by atoms with Crippen LogP contribution in [0, 0.1) is 0 Å². The van der Waals surface area contributed by atoms with E-state index in [4.69, 9.17) is 0 Å². The zero-order valence-corrected chi connectivity index (χ0v) is 7.00. The first-order valence-electron chi connectivity index (χ1n) is 4.80. The van der Waals surface area contributed by atoms with Crippen LogP contribution in [0.25, 0.3) is 0 Å². The Morgan fingerprint density at radius 2 is 1.73 bits per heavy atom. The Hall–Kier alpha value is -0.0800. The van der Waals surface area contributed by atoms with Crippen LogP contribution < -0.4 is 0 Å². The van der Waals surface area contributed by atoms with Gasteiger partial charge >= 0.3 is 0 Å². The van der Waals surface area contributed by atoms with Gasteiger partial charge in [0.15, 0.2) is 0 Å². The van der Waals surface area contributed by atoms with Gasteiger partial charge in [-0.25, -0.2) is 0 Å². The van der Waals surface area contributed by atoms with Crippen LogP contribution in [-0.2, 0) is 0 Å². The lowest BCUT2D eigenvalue weighted by atomic mass is 9.86. The number of piperidine rings is 1. The summed E-state index contributed by atoms with van der Waals surface area (Å²) in [6.07, 6.45) is 6.31. The van der Waals surface area contributed by atoms with Crippen LogP contribution in [0.5, 0.6) is 0 Å². The van der Waals surface area contributed by atoms with Crippen LogP contribution in [0.4, 0.5) is 0 Å². The van der Waals surface area contributed by atoms with Crippen molar-refractivity contribution in [1.29, 1.82) is 0 Å². The number of hydrogen-bond acceptors (Lipinski definition) is 2. The SMILES string of the molecule is OC1CCC1N1CCCCC1. The fraction of sp³-hybridized carbons (Fsp3) is 1.00. The van der Waals surface area contributed by atoms with Crippen LogP contribution >= 0.6 is 0 Å². The molecule has 1 aliphatic carbocycles. The fourth-order valence-electron chi connectivity index (χ4n) is 2.14. The first-order valence-corrected chi connectivity index (χ1v) is 4.80. The van der Waals surface area contributed by atoms with Gasteiger partial charge in [-0.15, -0.1) is 0 Å². The van der Waals surface area contributed by atoms with Gasteiger partial charge in [-0.1, -0.05) is 6.42 Å². The zero-order chi connectivity index (χ0) is 7.68. The molecule has 1 N–H and O–H groups in total. The molecule has 0 aromatic rings. The molecule has 0 spiro atoms. The Bertz CT molecular complexity index is 132. The average molecular weight is 155 g/mol. The van der Waals surface area contributed by atoms with E-state index in [9.17, 15) is 5.11 Å². The molecule has 2 fully saturated rings. The summed E-state index contributed by atoms with van der Waals surface area (Å²) in [4.78, 5) is 2.47. The number of nitrogens with zero attached hydrogens (tertiary/aromatic N) is 1. The smallest absolute Gasteiger partial charge is 0.0696 e. The van der Waals surface area contributed by atoms with Crippen molar-refractivity contribution in [2.45, 2.75) is 44.2 Å². The highest BCUT2D eigenvalue weighted by atomic mass is 16.3. The Morgan fingerprint density at radius 3 is 2.18 bits per heavy atom. The monoisotopic (exact) mass is 155 g/mol. The van der Waals surface area contributed by atoms with Gasteiger partial charge in [0.05, 0.1) is 6.10 Å². The molecular weight excluding hydrogens is 138 g/mol. The number of hydrogen-bond donors (Lipinski definition) is 1. The van der Waals surface area contributed by atoms with Crippen LogP contribution in [0.1, 0.15) is 32.1 Å². The van der Waals surface area contributed by atoms with Gasteiger partial charge in [-0.05, 0) is 38.8 Å². The number of likely N-dealkylation sites (tertiary alicyclic amines) is 1. The minimum absolute atomic E-state index is 0.00639. The highest BCUT2D eigenvalue weighted by Crippen LogP contribution is 2.27.